The summed E-state index contributed by atoms with van der Waals surface area (Å²) < 4.78 is 22.3. The van der Waals surface area contributed by atoms with Crippen molar-refractivity contribution in [2.24, 2.45) is 0 Å². The molecule has 0 spiro atoms. The lowest BCUT2D eigenvalue weighted by atomic mass is 10.0. The molecule has 0 radical (unpaired) electrons. The zero-order chi connectivity index (χ0) is 15.7. The molecule has 0 atom stereocenters. The van der Waals surface area contributed by atoms with Gasteiger partial charge in [-0.25, -0.2) is 0 Å². The topological polar surface area (TPSA) is 40.2 Å². The highest BCUT2D eigenvalue weighted by Crippen LogP contribution is 2.47. The molecule has 0 fully saturated rings. The van der Waals surface area contributed by atoms with Crippen molar-refractivity contribution in [2.75, 3.05) is 20.1 Å². The Kier molecular flexibility index (Phi) is 2.30. The molecular weight excluding hydrogens is 306 g/mol. The molecule has 2 aromatic rings. The zero-order valence-electron chi connectivity index (χ0n) is 13.0. The lowest BCUT2D eigenvalue weighted by Crippen LogP contribution is -2.17. The minimum absolute atomic E-state index is 0.313. The number of benzene rings is 2. The van der Waals surface area contributed by atoms with Gasteiger partial charge in [-0.15, -0.1) is 0 Å². The van der Waals surface area contributed by atoms with E-state index in [4.69, 9.17) is 18.9 Å². The van der Waals surface area contributed by atoms with E-state index in [-0.39, 0.29) is 0 Å². The standard InChI is InChI=1S/C19H15NO4/c1-2-16-19(24-10-21-16)14-8-20-4-3-11-6-17-18(23-9-22-17)7-12(11)5-15(20)13(1)14/h1-2,5-7H,3-4,8-10H2. The minimum Gasteiger partial charge on any atom is -0.454 e. The Bertz CT molecular complexity index is 918. The number of nitrogens with zero attached hydrogens (tertiary/aromatic N) is 1. The maximum Gasteiger partial charge on any atom is 0.231 e. The van der Waals surface area contributed by atoms with E-state index in [1.54, 1.807) is 0 Å². The van der Waals surface area contributed by atoms with Crippen molar-refractivity contribution >= 4 is 11.8 Å². The Morgan fingerprint density at radius 1 is 0.875 bits per heavy atom. The zero-order valence-corrected chi connectivity index (χ0v) is 13.0. The third-order valence-corrected chi connectivity index (χ3v) is 5.19. The Balaban J connectivity index is 1.52. The summed E-state index contributed by atoms with van der Waals surface area (Å²) in [5, 5.41) is 0. The van der Waals surface area contributed by atoms with Gasteiger partial charge in [-0.2, -0.15) is 0 Å². The lowest BCUT2D eigenvalue weighted by Gasteiger charge is -2.17. The average Bonchev–Trinajstić information content (AvgIpc) is 3.28. The molecule has 0 saturated heterocycles. The number of ether oxygens (including phenoxy) is 4. The van der Waals surface area contributed by atoms with Crippen LogP contribution < -0.4 is 18.9 Å². The van der Waals surface area contributed by atoms with Crippen LogP contribution in [0.3, 0.4) is 0 Å². The molecular formula is C19H15NO4. The first-order chi connectivity index (χ1) is 11.9. The van der Waals surface area contributed by atoms with Gasteiger partial charge < -0.3 is 23.8 Å². The molecule has 24 heavy (non-hydrogen) atoms. The molecule has 0 unspecified atom stereocenters. The third kappa shape index (κ3) is 1.59. The fourth-order valence-electron chi connectivity index (χ4n) is 4.00. The third-order valence-electron chi connectivity index (χ3n) is 5.19. The molecule has 120 valence electrons. The maximum atomic E-state index is 5.70. The summed E-state index contributed by atoms with van der Waals surface area (Å²) >= 11 is 0. The Morgan fingerprint density at radius 2 is 1.71 bits per heavy atom. The van der Waals surface area contributed by atoms with Gasteiger partial charge in [0.05, 0.1) is 0 Å². The molecule has 0 saturated carbocycles. The van der Waals surface area contributed by atoms with Crippen LogP contribution in [0.2, 0.25) is 0 Å². The van der Waals surface area contributed by atoms with Crippen LogP contribution in [0.25, 0.3) is 11.8 Å². The van der Waals surface area contributed by atoms with Crippen LogP contribution in [0.15, 0.2) is 24.3 Å². The predicted octanol–water partition coefficient (Wildman–Crippen LogP) is 3.01. The summed E-state index contributed by atoms with van der Waals surface area (Å²) in [6, 6.07) is 8.38. The van der Waals surface area contributed by atoms with E-state index in [0.717, 1.165) is 42.5 Å². The van der Waals surface area contributed by atoms with Crippen molar-refractivity contribution in [1.82, 2.24) is 4.90 Å². The van der Waals surface area contributed by atoms with Gasteiger partial charge in [-0.1, -0.05) is 0 Å². The van der Waals surface area contributed by atoms with Crippen molar-refractivity contribution < 1.29 is 18.9 Å². The fourth-order valence-corrected chi connectivity index (χ4v) is 4.00. The van der Waals surface area contributed by atoms with Gasteiger partial charge in [-0.3, -0.25) is 0 Å². The summed E-state index contributed by atoms with van der Waals surface area (Å²) in [5.74, 6) is 3.46. The number of fused-ring (bicyclic) bond motifs is 7. The molecule has 5 heteroatoms. The highest BCUT2D eigenvalue weighted by molar-refractivity contribution is 5.87. The molecule has 2 aromatic carbocycles. The van der Waals surface area contributed by atoms with Crippen molar-refractivity contribution in [3.63, 3.8) is 0 Å². The van der Waals surface area contributed by atoms with Crippen LogP contribution in [0, 0.1) is 0 Å². The van der Waals surface area contributed by atoms with E-state index in [2.05, 4.69) is 29.2 Å². The van der Waals surface area contributed by atoms with E-state index in [1.165, 1.54) is 28.0 Å². The fraction of sp³-hybridized carbons (Fsp3) is 0.263. The summed E-state index contributed by atoms with van der Waals surface area (Å²) in [4.78, 5) is 2.42. The normalized spacial score (nSPS) is 18.7. The largest absolute Gasteiger partial charge is 0.454 e. The first-order valence-corrected chi connectivity index (χ1v) is 8.18. The second kappa shape index (κ2) is 4.38. The molecule has 0 bridgehead atoms. The molecule has 6 rings (SSSR count). The summed E-state index contributed by atoms with van der Waals surface area (Å²) in [6.45, 7) is 2.47. The van der Waals surface area contributed by atoms with Gasteiger partial charge in [0, 0.05) is 29.9 Å². The second-order valence-corrected chi connectivity index (χ2v) is 6.43. The molecule has 4 heterocycles. The van der Waals surface area contributed by atoms with Gasteiger partial charge >= 0.3 is 0 Å². The first kappa shape index (κ1) is 12.6. The van der Waals surface area contributed by atoms with Crippen molar-refractivity contribution in [3.05, 3.63) is 46.5 Å². The molecule has 4 aliphatic rings. The van der Waals surface area contributed by atoms with Crippen LogP contribution >= 0.6 is 0 Å². The number of hydrogen-bond acceptors (Lipinski definition) is 5. The highest BCUT2D eigenvalue weighted by Gasteiger charge is 2.32. The van der Waals surface area contributed by atoms with Crippen molar-refractivity contribution in [3.8, 4) is 23.0 Å². The monoisotopic (exact) mass is 321 g/mol. The molecule has 0 aromatic heterocycles. The van der Waals surface area contributed by atoms with Crippen LogP contribution in [0.5, 0.6) is 23.0 Å². The molecule has 0 N–H and O–H groups in total. The quantitative estimate of drug-likeness (QED) is 0.746. The van der Waals surface area contributed by atoms with E-state index in [9.17, 15) is 0 Å². The SMILES string of the molecule is C1=C2c3ccc4c(c3CN2CCc2cc3c(cc21)OCO3)OCO4. The van der Waals surface area contributed by atoms with Crippen LogP contribution in [0.4, 0.5) is 0 Å². The first-order valence-electron chi connectivity index (χ1n) is 8.18. The highest BCUT2D eigenvalue weighted by atomic mass is 16.7. The van der Waals surface area contributed by atoms with Crippen LogP contribution in [0.1, 0.15) is 22.3 Å². The van der Waals surface area contributed by atoms with Crippen LogP contribution in [-0.2, 0) is 13.0 Å². The van der Waals surface area contributed by atoms with Gasteiger partial charge in [0.25, 0.3) is 0 Å². The maximum absolute atomic E-state index is 5.70. The van der Waals surface area contributed by atoms with E-state index >= 15 is 0 Å². The van der Waals surface area contributed by atoms with Gasteiger partial charge in [-0.05, 0) is 47.9 Å². The van der Waals surface area contributed by atoms with E-state index < -0.39 is 0 Å². The number of rotatable bonds is 0. The number of hydrogen-bond donors (Lipinski definition) is 0. The Hall–Kier alpha value is -2.82. The Labute approximate surface area is 139 Å². The average molecular weight is 321 g/mol. The minimum atomic E-state index is 0.313. The lowest BCUT2D eigenvalue weighted by molar-refractivity contribution is 0.173. The van der Waals surface area contributed by atoms with Crippen molar-refractivity contribution in [2.45, 2.75) is 13.0 Å². The van der Waals surface area contributed by atoms with Crippen LogP contribution in [-0.4, -0.2) is 25.0 Å². The summed E-state index contributed by atoms with van der Waals surface area (Å²) in [6.07, 6.45) is 3.25. The van der Waals surface area contributed by atoms with E-state index in [0.29, 0.717) is 13.6 Å². The molecule has 5 nitrogen and oxygen atoms in total. The summed E-state index contributed by atoms with van der Waals surface area (Å²) in [7, 11) is 0. The summed E-state index contributed by atoms with van der Waals surface area (Å²) in [5.41, 5.74) is 6.25. The van der Waals surface area contributed by atoms with Crippen molar-refractivity contribution in [1.29, 1.82) is 0 Å². The molecule has 0 aliphatic carbocycles. The second-order valence-electron chi connectivity index (χ2n) is 6.43. The van der Waals surface area contributed by atoms with Gasteiger partial charge in [0.15, 0.2) is 23.0 Å². The smallest absolute Gasteiger partial charge is 0.231 e. The van der Waals surface area contributed by atoms with Gasteiger partial charge in [0.1, 0.15) is 0 Å². The van der Waals surface area contributed by atoms with E-state index in [1.807, 2.05) is 6.07 Å². The molecule has 0 amide bonds. The van der Waals surface area contributed by atoms with Gasteiger partial charge in [0.2, 0.25) is 13.6 Å². The molecule has 4 aliphatic heterocycles. The Morgan fingerprint density at radius 3 is 2.67 bits per heavy atom. The predicted molar refractivity (Wildman–Crippen MR) is 87.1 cm³/mol.